The molecule has 24 heavy (non-hydrogen) atoms. The molecule has 3 aliphatic rings. The number of imide groups is 1. The van der Waals surface area contributed by atoms with Crippen molar-refractivity contribution in [1.29, 1.82) is 0 Å². The summed E-state index contributed by atoms with van der Waals surface area (Å²) in [7, 11) is 0. The number of para-hydroxylation sites is 1. The van der Waals surface area contributed by atoms with E-state index in [2.05, 4.69) is 5.32 Å². The maximum atomic E-state index is 13.0. The molecule has 126 valence electrons. The number of nitrogens with one attached hydrogen (secondary N) is 1. The maximum Gasteiger partial charge on any atom is 0.418 e. The van der Waals surface area contributed by atoms with E-state index >= 15 is 0 Å². The number of halogens is 3. The first kappa shape index (κ1) is 15.2. The Bertz CT molecular complexity index is 714. The van der Waals surface area contributed by atoms with Crippen molar-refractivity contribution in [2.75, 3.05) is 12.0 Å². The Hall–Kier alpha value is -2.31. The number of allylic oxidation sites excluding steroid dienone is 2. The average molecular weight is 336 g/mol. The fourth-order valence-electron chi connectivity index (χ4n) is 4.17. The van der Waals surface area contributed by atoms with Crippen LogP contribution in [0.5, 0.6) is 0 Å². The van der Waals surface area contributed by atoms with Crippen LogP contribution in [-0.4, -0.2) is 23.4 Å². The van der Waals surface area contributed by atoms with Gasteiger partial charge in [0.1, 0.15) is 0 Å². The first-order valence-electron chi connectivity index (χ1n) is 7.81. The number of anilines is 1. The number of benzene rings is 1. The third-order valence-electron chi connectivity index (χ3n) is 5.22. The van der Waals surface area contributed by atoms with E-state index in [1.165, 1.54) is 18.2 Å². The van der Waals surface area contributed by atoms with E-state index in [0.29, 0.717) is 0 Å². The molecule has 4 unspecified atom stereocenters. The van der Waals surface area contributed by atoms with Crippen LogP contribution in [0.4, 0.5) is 18.9 Å². The Morgan fingerprint density at radius 3 is 2.21 bits per heavy atom. The van der Waals surface area contributed by atoms with Crippen molar-refractivity contribution >= 4 is 17.5 Å². The number of hydrogen-bond acceptors (Lipinski definition) is 3. The second kappa shape index (κ2) is 5.09. The molecule has 1 aromatic rings. The maximum absolute atomic E-state index is 13.0. The lowest BCUT2D eigenvalue weighted by Crippen LogP contribution is -2.37. The Balaban J connectivity index is 1.52. The standard InChI is InChI=1S/C17H15F3N2O2/c18-17(19,20)11-3-1-2-4-12(11)21-8-22-15(23)13-9-5-6-10(7-9)14(13)16(22)24/h1-6,9-10,13-14,21H,7-8H2. The minimum atomic E-state index is -4.50. The van der Waals surface area contributed by atoms with Crippen molar-refractivity contribution < 1.29 is 22.8 Å². The van der Waals surface area contributed by atoms with E-state index in [9.17, 15) is 22.8 Å². The van der Waals surface area contributed by atoms with Gasteiger partial charge in [-0.2, -0.15) is 13.2 Å². The normalized spacial score (nSPS) is 31.0. The predicted molar refractivity (Wildman–Crippen MR) is 79.5 cm³/mol. The Morgan fingerprint density at radius 2 is 1.62 bits per heavy atom. The second-order valence-electron chi connectivity index (χ2n) is 6.48. The SMILES string of the molecule is O=C1C2C3C=CC(C3)C2C(=O)N1CNc1ccccc1C(F)(F)F. The number of rotatable bonds is 3. The zero-order valence-corrected chi connectivity index (χ0v) is 12.6. The van der Waals surface area contributed by atoms with Gasteiger partial charge in [-0.25, -0.2) is 0 Å². The molecule has 1 aliphatic heterocycles. The van der Waals surface area contributed by atoms with E-state index in [1.54, 1.807) is 0 Å². The van der Waals surface area contributed by atoms with Crippen molar-refractivity contribution in [2.24, 2.45) is 23.7 Å². The van der Waals surface area contributed by atoms with Crippen molar-refractivity contribution in [1.82, 2.24) is 4.90 Å². The summed E-state index contributed by atoms with van der Waals surface area (Å²) >= 11 is 0. The zero-order valence-electron chi connectivity index (χ0n) is 12.6. The van der Waals surface area contributed by atoms with E-state index in [-0.39, 0.29) is 47.8 Å². The van der Waals surface area contributed by atoms with Crippen LogP contribution >= 0.6 is 0 Å². The number of fused-ring (bicyclic) bond motifs is 5. The number of alkyl halides is 3. The summed E-state index contributed by atoms with van der Waals surface area (Å²) in [5.41, 5.74) is -0.949. The molecule has 0 aromatic heterocycles. The van der Waals surface area contributed by atoms with E-state index < -0.39 is 11.7 Å². The first-order valence-corrected chi connectivity index (χ1v) is 7.81. The summed E-state index contributed by atoms with van der Waals surface area (Å²) in [5, 5.41) is 2.61. The Labute approximate surface area is 136 Å². The van der Waals surface area contributed by atoms with Gasteiger partial charge in [-0.1, -0.05) is 24.3 Å². The molecule has 4 nitrogen and oxygen atoms in total. The summed E-state index contributed by atoms with van der Waals surface area (Å²) in [4.78, 5) is 26.1. The van der Waals surface area contributed by atoms with Crippen LogP contribution in [-0.2, 0) is 15.8 Å². The van der Waals surface area contributed by atoms with Crippen LogP contribution in [0.3, 0.4) is 0 Å². The highest BCUT2D eigenvalue weighted by Crippen LogP contribution is 2.52. The highest BCUT2D eigenvalue weighted by Gasteiger charge is 2.59. The van der Waals surface area contributed by atoms with Gasteiger partial charge in [0.2, 0.25) is 11.8 Å². The molecule has 0 spiro atoms. The minimum Gasteiger partial charge on any atom is -0.367 e. The molecule has 1 saturated heterocycles. The van der Waals surface area contributed by atoms with Gasteiger partial charge in [0.15, 0.2) is 0 Å². The van der Waals surface area contributed by atoms with E-state index in [1.807, 2.05) is 12.2 Å². The fraction of sp³-hybridized carbons (Fsp3) is 0.412. The molecular formula is C17H15F3N2O2. The molecule has 2 fully saturated rings. The van der Waals surface area contributed by atoms with Crippen molar-refractivity contribution in [2.45, 2.75) is 12.6 Å². The summed E-state index contributed by atoms with van der Waals surface area (Å²) in [6, 6.07) is 5.03. The van der Waals surface area contributed by atoms with Gasteiger partial charge >= 0.3 is 6.18 Å². The second-order valence-corrected chi connectivity index (χ2v) is 6.48. The average Bonchev–Trinajstić information content (AvgIpc) is 3.20. The molecule has 7 heteroatoms. The van der Waals surface area contributed by atoms with Crippen LogP contribution in [0.15, 0.2) is 36.4 Å². The predicted octanol–water partition coefficient (Wildman–Crippen LogP) is 2.88. The highest BCUT2D eigenvalue weighted by atomic mass is 19.4. The Morgan fingerprint density at radius 1 is 1.04 bits per heavy atom. The number of carbonyl (C=O) groups is 2. The summed E-state index contributed by atoms with van der Waals surface area (Å²) in [6.07, 6.45) is 0.285. The minimum absolute atomic E-state index is 0.0870. The van der Waals surface area contributed by atoms with Gasteiger partial charge in [0.25, 0.3) is 0 Å². The summed E-state index contributed by atoms with van der Waals surface area (Å²) in [5.74, 6) is -1.06. The molecule has 1 aromatic carbocycles. The van der Waals surface area contributed by atoms with Crippen LogP contribution in [0.1, 0.15) is 12.0 Å². The monoisotopic (exact) mass is 336 g/mol. The number of likely N-dealkylation sites (tertiary alicyclic amines) is 1. The van der Waals surface area contributed by atoms with Gasteiger partial charge in [0.05, 0.1) is 24.1 Å². The first-order chi connectivity index (χ1) is 11.4. The van der Waals surface area contributed by atoms with Gasteiger partial charge in [-0.15, -0.1) is 0 Å². The smallest absolute Gasteiger partial charge is 0.367 e. The van der Waals surface area contributed by atoms with Crippen LogP contribution in [0.2, 0.25) is 0 Å². The molecule has 1 saturated carbocycles. The number of amides is 2. The number of nitrogens with zero attached hydrogens (tertiary/aromatic N) is 1. The molecule has 1 heterocycles. The zero-order chi connectivity index (χ0) is 17.1. The molecule has 4 rings (SSSR count). The third kappa shape index (κ3) is 2.14. The van der Waals surface area contributed by atoms with Crippen LogP contribution in [0, 0.1) is 23.7 Å². The fourth-order valence-corrected chi connectivity index (χ4v) is 4.17. The van der Waals surface area contributed by atoms with Gasteiger partial charge in [-0.05, 0) is 30.4 Å². The summed E-state index contributed by atoms with van der Waals surface area (Å²) in [6.45, 7) is -0.239. The summed E-state index contributed by atoms with van der Waals surface area (Å²) < 4.78 is 39.0. The highest BCUT2D eigenvalue weighted by molar-refractivity contribution is 6.06. The van der Waals surface area contributed by atoms with Crippen LogP contribution in [0.25, 0.3) is 0 Å². The number of hydrogen-bond donors (Lipinski definition) is 1. The molecule has 2 amide bonds. The van der Waals surface area contributed by atoms with E-state index in [4.69, 9.17) is 0 Å². The molecule has 2 aliphatic carbocycles. The van der Waals surface area contributed by atoms with E-state index in [0.717, 1.165) is 17.4 Å². The Kier molecular flexibility index (Phi) is 3.23. The van der Waals surface area contributed by atoms with Gasteiger partial charge in [-0.3, -0.25) is 14.5 Å². The van der Waals surface area contributed by atoms with Crippen molar-refractivity contribution in [3.05, 3.63) is 42.0 Å². The molecule has 0 radical (unpaired) electrons. The lowest BCUT2D eigenvalue weighted by Gasteiger charge is -2.20. The van der Waals surface area contributed by atoms with Crippen LogP contribution < -0.4 is 5.32 Å². The van der Waals surface area contributed by atoms with Crippen molar-refractivity contribution in [3.8, 4) is 0 Å². The lowest BCUT2D eigenvalue weighted by atomic mass is 9.85. The molecule has 2 bridgehead atoms. The number of carbonyl (C=O) groups excluding carboxylic acids is 2. The quantitative estimate of drug-likeness (QED) is 0.682. The van der Waals surface area contributed by atoms with Crippen molar-refractivity contribution in [3.63, 3.8) is 0 Å². The van der Waals surface area contributed by atoms with Gasteiger partial charge in [0, 0.05) is 5.69 Å². The largest absolute Gasteiger partial charge is 0.418 e. The lowest BCUT2D eigenvalue weighted by molar-refractivity contribution is -0.140. The molecular weight excluding hydrogens is 321 g/mol. The van der Waals surface area contributed by atoms with Gasteiger partial charge < -0.3 is 5.32 Å². The molecule has 1 N–H and O–H groups in total. The molecule has 4 atom stereocenters. The topological polar surface area (TPSA) is 49.4 Å². The third-order valence-corrected chi connectivity index (χ3v) is 5.22.